The number of allylic oxidation sites excluding steroid dienone is 4. The van der Waals surface area contributed by atoms with Crippen molar-refractivity contribution in [2.45, 2.75) is 39.7 Å². The van der Waals surface area contributed by atoms with Crippen molar-refractivity contribution in [2.75, 3.05) is 0 Å². The molecule has 5 nitrogen and oxygen atoms in total. The summed E-state index contributed by atoms with van der Waals surface area (Å²) in [6.45, 7) is 5.41. The molecule has 0 radical (unpaired) electrons. The third kappa shape index (κ3) is 1.98. The number of hydrogen-bond donors (Lipinski definition) is 1. The second-order valence-electron chi connectivity index (χ2n) is 7.72. The van der Waals surface area contributed by atoms with E-state index in [1.54, 1.807) is 26.0 Å². The van der Waals surface area contributed by atoms with Crippen LogP contribution in [-0.2, 0) is 19.1 Å². The third-order valence-corrected chi connectivity index (χ3v) is 5.84. The molecule has 25 heavy (non-hydrogen) atoms. The van der Waals surface area contributed by atoms with Crippen molar-refractivity contribution >= 4 is 17.5 Å². The first-order valence-electron chi connectivity index (χ1n) is 8.63. The van der Waals surface area contributed by atoms with Crippen molar-refractivity contribution in [1.82, 2.24) is 0 Å². The second kappa shape index (κ2) is 5.04. The first-order chi connectivity index (χ1) is 11.8. The summed E-state index contributed by atoms with van der Waals surface area (Å²) in [7, 11) is 0. The highest BCUT2D eigenvalue weighted by Crippen LogP contribution is 2.53. The molecule has 0 bridgehead atoms. The van der Waals surface area contributed by atoms with Gasteiger partial charge in [0.15, 0.2) is 0 Å². The molecule has 0 amide bonds. The summed E-state index contributed by atoms with van der Waals surface area (Å²) in [5.41, 5.74) is 0.842. The number of Topliss-reactive ketones (excluding diaryl/α,β-unsaturated/α-hetero) is 2. The Kier molecular flexibility index (Phi) is 3.24. The number of rotatable bonds is 1. The lowest BCUT2D eigenvalue weighted by Crippen LogP contribution is -2.34. The van der Waals surface area contributed by atoms with Crippen LogP contribution in [0.15, 0.2) is 46.3 Å². The first-order valence-corrected chi connectivity index (χ1v) is 8.63. The molecular formula is C20H20O5. The number of ether oxygens (including phenoxy) is 1. The Morgan fingerprint density at radius 1 is 1.20 bits per heavy atom. The molecule has 5 heteroatoms. The Morgan fingerprint density at radius 3 is 2.60 bits per heavy atom. The average Bonchev–Trinajstić information content (AvgIpc) is 2.69. The quantitative estimate of drug-likeness (QED) is 0.586. The van der Waals surface area contributed by atoms with E-state index in [1.807, 2.05) is 13.0 Å². The van der Waals surface area contributed by atoms with Crippen LogP contribution in [0.25, 0.3) is 0 Å². The molecule has 0 spiro atoms. The fraction of sp³-hybridized carbons (Fsp3) is 0.450. The zero-order valence-corrected chi connectivity index (χ0v) is 14.5. The van der Waals surface area contributed by atoms with Gasteiger partial charge in [-0.2, -0.15) is 0 Å². The van der Waals surface area contributed by atoms with Crippen LogP contribution in [0.1, 0.15) is 33.6 Å². The molecule has 0 aromatic heterocycles. The molecule has 3 aliphatic carbocycles. The van der Waals surface area contributed by atoms with Crippen LogP contribution < -0.4 is 0 Å². The van der Waals surface area contributed by atoms with Crippen LogP contribution in [0.4, 0.5) is 0 Å². The topological polar surface area (TPSA) is 80.7 Å². The number of esters is 1. The molecule has 1 saturated heterocycles. The van der Waals surface area contributed by atoms with E-state index in [-0.39, 0.29) is 34.7 Å². The molecule has 130 valence electrons. The van der Waals surface area contributed by atoms with E-state index in [4.69, 9.17) is 4.74 Å². The standard InChI is InChI=1S/C20H20O5/c1-9(2)14-16(21)12-8-13-15-10(7-11(12)17(22)18(14)23)5-4-6-20(15,3)19(24)25-13/h5,7-9,13,15,21H,4,6H2,1-3H3/t13-,15-,20-/m0/s1. The van der Waals surface area contributed by atoms with Gasteiger partial charge in [0.1, 0.15) is 11.9 Å². The van der Waals surface area contributed by atoms with Crippen molar-refractivity contribution in [2.24, 2.45) is 17.3 Å². The van der Waals surface area contributed by atoms with Crippen molar-refractivity contribution in [3.63, 3.8) is 0 Å². The van der Waals surface area contributed by atoms with E-state index >= 15 is 0 Å². The molecule has 1 aliphatic heterocycles. The van der Waals surface area contributed by atoms with E-state index in [2.05, 4.69) is 0 Å². The van der Waals surface area contributed by atoms with E-state index in [1.165, 1.54) is 0 Å². The monoisotopic (exact) mass is 340 g/mol. The normalized spacial score (nSPS) is 34.1. The average molecular weight is 340 g/mol. The number of carbonyl (C=O) groups is 3. The zero-order chi connectivity index (χ0) is 18.1. The van der Waals surface area contributed by atoms with E-state index in [0.717, 1.165) is 5.57 Å². The van der Waals surface area contributed by atoms with E-state index in [9.17, 15) is 19.5 Å². The van der Waals surface area contributed by atoms with Crippen LogP contribution in [0, 0.1) is 17.3 Å². The van der Waals surface area contributed by atoms with Gasteiger partial charge in [0.2, 0.25) is 11.6 Å². The molecule has 1 N–H and O–H groups in total. The van der Waals surface area contributed by atoms with Crippen molar-refractivity contribution < 1.29 is 24.2 Å². The minimum atomic E-state index is -0.654. The Hall–Kier alpha value is -2.43. The minimum Gasteiger partial charge on any atom is -0.507 e. The highest BCUT2D eigenvalue weighted by atomic mass is 16.6. The lowest BCUT2D eigenvalue weighted by molar-refractivity contribution is -0.147. The fourth-order valence-electron chi connectivity index (χ4n) is 4.50. The Labute approximate surface area is 145 Å². The lowest BCUT2D eigenvalue weighted by atomic mass is 9.67. The van der Waals surface area contributed by atoms with Gasteiger partial charge in [0, 0.05) is 22.6 Å². The van der Waals surface area contributed by atoms with Gasteiger partial charge < -0.3 is 9.84 Å². The van der Waals surface area contributed by atoms with Crippen LogP contribution in [0.5, 0.6) is 0 Å². The van der Waals surface area contributed by atoms with E-state index in [0.29, 0.717) is 18.4 Å². The molecule has 0 saturated carbocycles. The van der Waals surface area contributed by atoms with Crippen LogP contribution >= 0.6 is 0 Å². The summed E-state index contributed by atoms with van der Waals surface area (Å²) in [6, 6.07) is 0. The van der Waals surface area contributed by atoms with Crippen LogP contribution in [-0.4, -0.2) is 28.7 Å². The van der Waals surface area contributed by atoms with Gasteiger partial charge in [-0.15, -0.1) is 0 Å². The molecule has 4 rings (SSSR count). The Bertz CT molecular complexity index is 851. The van der Waals surface area contributed by atoms with E-state index < -0.39 is 23.1 Å². The maximum absolute atomic E-state index is 12.7. The summed E-state index contributed by atoms with van der Waals surface area (Å²) in [4.78, 5) is 37.5. The molecule has 1 fully saturated rings. The SMILES string of the molecule is CC(C)C1=C(O)C2=C[C@@H]3OC(=O)[C@@]4(C)CCC=C(C=C2C(=O)C1=O)[C@@H]34. The predicted molar refractivity (Wildman–Crippen MR) is 89.5 cm³/mol. The maximum atomic E-state index is 12.7. The fourth-order valence-corrected chi connectivity index (χ4v) is 4.50. The van der Waals surface area contributed by atoms with Crippen LogP contribution in [0.3, 0.4) is 0 Å². The van der Waals surface area contributed by atoms with Crippen molar-refractivity contribution in [3.8, 4) is 0 Å². The van der Waals surface area contributed by atoms with Gasteiger partial charge in [-0.25, -0.2) is 0 Å². The highest BCUT2D eigenvalue weighted by Gasteiger charge is 2.56. The van der Waals surface area contributed by atoms with Crippen LogP contribution in [0.2, 0.25) is 0 Å². The number of carbonyl (C=O) groups excluding carboxylic acids is 3. The summed E-state index contributed by atoms with van der Waals surface area (Å²) < 4.78 is 5.60. The summed E-state index contributed by atoms with van der Waals surface area (Å²) >= 11 is 0. The van der Waals surface area contributed by atoms with Gasteiger partial charge >= 0.3 is 5.97 Å². The second-order valence-corrected chi connectivity index (χ2v) is 7.72. The molecule has 4 aliphatic rings. The van der Waals surface area contributed by atoms with Gasteiger partial charge in [0.05, 0.1) is 5.41 Å². The Morgan fingerprint density at radius 2 is 1.92 bits per heavy atom. The largest absolute Gasteiger partial charge is 0.507 e. The molecule has 1 heterocycles. The molecule has 3 atom stereocenters. The lowest BCUT2D eigenvalue weighted by Gasteiger charge is -2.32. The van der Waals surface area contributed by atoms with Gasteiger partial charge in [0.25, 0.3) is 0 Å². The van der Waals surface area contributed by atoms with Gasteiger partial charge in [-0.05, 0) is 43.4 Å². The maximum Gasteiger partial charge on any atom is 0.313 e. The Balaban J connectivity index is 1.96. The van der Waals surface area contributed by atoms with Gasteiger partial charge in [-0.3, -0.25) is 14.4 Å². The third-order valence-electron chi connectivity index (χ3n) is 5.84. The zero-order valence-electron chi connectivity index (χ0n) is 14.5. The predicted octanol–water partition coefficient (Wildman–Crippen LogP) is 2.74. The van der Waals surface area contributed by atoms with Crippen molar-refractivity contribution in [1.29, 1.82) is 0 Å². The smallest absolute Gasteiger partial charge is 0.313 e. The number of fused-ring (bicyclic) bond motifs is 1. The number of hydrogen-bond acceptors (Lipinski definition) is 5. The molecule has 0 unspecified atom stereocenters. The number of aliphatic hydroxyl groups excluding tert-OH is 1. The minimum absolute atomic E-state index is 0.124. The molecule has 0 aromatic carbocycles. The van der Waals surface area contributed by atoms with Crippen molar-refractivity contribution in [3.05, 3.63) is 46.3 Å². The molecule has 0 aromatic rings. The molecular weight excluding hydrogens is 320 g/mol. The first kappa shape index (κ1) is 16.1. The summed E-state index contributed by atoms with van der Waals surface area (Å²) in [5, 5.41) is 10.7. The highest BCUT2D eigenvalue weighted by molar-refractivity contribution is 6.51. The summed E-state index contributed by atoms with van der Waals surface area (Å²) in [5.74, 6) is -2.15. The summed E-state index contributed by atoms with van der Waals surface area (Å²) in [6.07, 6.45) is 6.18. The van der Waals surface area contributed by atoms with Gasteiger partial charge in [-0.1, -0.05) is 19.9 Å². The number of ketones is 2. The number of aliphatic hydroxyl groups is 1.